The quantitative estimate of drug-likeness (QED) is 0.0383. The maximum atomic E-state index is 12.7. The van der Waals surface area contributed by atoms with E-state index in [1.807, 2.05) is 0 Å². The van der Waals surface area contributed by atoms with Gasteiger partial charge in [-0.1, -0.05) is 117 Å². The molecule has 13 heteroatoms. The van der Waals surface area contributed by atoms with Gasteiger partial charge in [0.2, 0.25) is 0 Å². The van der Waals surface area contributed by atoms with Crippen LogP contribution in [-0.4, -0.2) is 98.9 Å². The molecule has 0 aromatic carbocycles. The van der Waals surface area contributed by atoms with Crippen molar-refractivity contribution in [2.24, 2.45) is 0 Å². The lowest BCUT2D eigenvalue weighted by atomic mass is 9.85. The van der Waals surface area contributed by atoms with Gasteiger partial charge in [-0.15, -0.1) is 0 Å². The number of hydrogen-bond acceptors (Lipinski definition) is 11. The zero-order valence-electron chi connectivity index (χ0n) is 27.7. The molecule has 1 rings (SSSR count). The molecule has 1 fully saturated rings. The van der Waals surface area contributed by atoms with Crippen molar-refractivity contribution in [2.45, 2.75) is 179 Å². The lowest BCUT2D eigenvalue weighted by Crippen LogP contribution is -2.64. The second-order valence-corrected chi connectivity index (χ2v) is 13.8. The molecule has 1 aliphatic rings. The summed E-state index contributed by atoms with van der Waals surface area (Å²) in [7, 11) is -4.99. The number of esters is 1. The third-order valence-electron chi connectivity index (χ3n) is 8.23. The first kappa shape index (κ1) is 42.4. The van der Waals surface area contributed by atoms with E-state index in [4.69, 9.17) is 18.5 Å². The molecule has 0 heterocycles. The van der Waals surface area contributed by atoms with Gasteiger partial charge in [-0.05, 0) is 12.8 Å². The minimum atomic E-state index is -4.99. The van der Waals surface area contributed by atoms with E-state index in [-0.39, 0.29) is 13.0 Å². The van der Waals surface area contributed by atoms with Gasteiger partial charge in [0.1, 0.15) is 42.7 Å². The highest BCUT2D eigenvalue weighted by molar-refractivity contribution is 7.47. The number of unbranched alkanes of at least 4 members (excludes halogenated alkanes) is 16. The second-order valence-electron chi connectivity index (χ2n) is 12.4. The van der Waals surface area contributed by atoms with Gasteiger partial charge in [0.05, 0.1) is 13.2 Å². The first-order chi connectivity index (χ1) is 21.5. The molecule has 268 valence electrons. The molecule has 0 aliphatic heterocycles. The average Bonchev–Trinajstić information content (AvgIpc) is 3.01. The molecular formula is C32H63O12P. The number of ether oxygens (including phenoxy) is 2. The van der Waals surface area contributed by atoms with Crippen molar-refractivity contribution < 1.29 is 58.3 Å². The number of aliphatic hydroxyl groups excluding tert-OH is 5. The van der Waals surface area contributed by atoms with Crippen LogP contribution in [0.3, 0.4) is 0 Å². The molecule has 6 atom stereocenters. The monoisotopic (exact) mass is 670 g/mol. The third-order valence-corrected chi connectivity index (χ3v) is 9.22. The highest BCUT2D eigenvalue weighted by atomic mass is 31.2. The fourth-order valence-electron chi connectivity index (χ4n) is 5.35. The van der Waals surface area contributed by atoms with Gasteiger partial charge in [0.15, 0.2) is 0 Å². The van der Waals surface area contributed by atoms with Crippen LogP contribution < -0.4 is 0 Å². The van der Waals surface area contributed by atoms with Gasteiger partial charge in [-0.2, -0.15) is 0 Å². The summed E-state index contributed by atoms with van der Waals surface area (Å²) >= 11 is 0. The Morgan fingerprint density at radius 1 is 0.622 bits per heavy atom. The zero-order chi connectivity index (χ0) is 33.5. The predicted octanol–water partition coefficient (Wildman–Crippen LogP) is 4.69. The van der Waals surface area contributed by atoms with Crippen LogP contribution in [0.2, 0.25) is 0 Å². The van der Waals surface area contributed by atoms with E-state index in [1.54, 1.807) is 0 Å². The highest BCUT2D eigenvalue weighted by Crippen LogP contribution is 2.47. The van der Waals surface area contributed by atoms with Gasteiger partial charge < -0.3 is 39.9 Å². The van der Waals surface area contributed by atoms with Crippen molar-refractivity contribution in [3.63, 3.8) is 0 Å². The van der Waals surface area contributed by atoms with E-state index in [9.17, 15) is 39.8 Å². The summed E-state index contributed by atoms with van der Waals surface area (Å²) in [4.78, 5) is 22.8. The van der Waals surface area contributed by atoms with Crippen molar-refractivity contribution in [3.05, 3.63) is 0 Å². The number of phosphoric acid groups is 1. The van der Waals surface area contributed by atoms with Gasteiger partial charge in [-0.25, -0.2) is 4.57 Å². The number of phosphoric ester groups is 1. The first-order valence-electron chi connectivity index (χ1n) is 17.4. The number of aliphatic hydroxyl groups is 5. The highest BCUT2D eigenvalue weighted by Gasteiger charge is 2.51. The lowest BCUT2D eigenvalue weighted by Gasteiger charge is -2.41. The van der Waals surface area contributed by atoms with Crippen LogP contribution in [0.15, 0.2) is 0 Å². The van der Waals surface area contributed by atoms with Crippen LogP contribution in [0.25, 0.3) is 0 Å². The molecule has 0 saturated heterocycles. The zero-order valence-corrected chi connectivity index (χ0v) is 28.6. The molecule has 45 heavy (non-hydrogen) atoms. The second kappa shape index (κ2) is 25.4. The summed E-state index contributed by atoms with van der Waals surface area (Å²) in [5.41, 5.74) is 0. The van der Waals surface area contributed by atoms with Crippen molar-refractivity contribution in [2.75, 3.05) is 19.8 Å². The summed E-state index contributed by atoms with van der Waals surface area (Å²) in [6, 6.07) is 0. The van der Waals surface area contributed by atoms with E-state index in [1.165, 1.54) is 70.6 Å². The van der Waals surface area contributed by atoms with Crippen LogP contribution in [0.1, 0.15) is 136 Å². The van der Waals surface area contributed by atoms with Crippen LogP contribution >= 0.6 is 7.82 Å². The van der Waals surface area contributed by atoms with Gasteiger partial charge >= 0.3 is 13.8 Å². The Kier molecular flexibility index (Phi) is 23.9. The van der Waals surface area contributed by atoms with E-state index < -0.39 is 63.1 Å². The topological polar surface area (TPSA) is 192 Å². The standard InChI is InChI=1S/C32H63O12P/c1-3-5-7-9-11-13-14-16-18-20-22-41-23-25(43-26(33)21-19-17-15-12-10-8-6-4-2)24-42-45(39,40)44-32-30(37)28(35)27(34)29(36)31(32)38/h25,27-32,34-38H,3-24H2,1-2H3,(H,39,40). The van der Waals surface area contributed by atoms with Crippen molar-refractivity contribution in [1.29, 1.82) is 0 Å². The normalized spacial score (nSPS) is 25.6. The van der Waals surface area contributed by atoms with Crippen molar-refractivity contribution in [1.82, 2.24) is 0 Å². The summed E-state index contributed by atoms with van der Waals surface area (Å²) in [6.45, 7) is 4.17. The molecule has 6 N–H and O–H groups in total. The summed E-state index contributed by atoms with van der Waals surface area (Å²) < 4.78 is 33.7. The average molecular weight is 671 g/mol. The Morgan fingerprint density at radius 3 is 1.53 bits per heavy atom. The summed E-state index contributed by atoms with van der Waals surface area (Å²) in [6.07, 6.45) is 7.86. The molecule has 0 spiro atoms. The Bertz CT molecular complexity index is 771. The van der Waals surface area contributed by atoms with E-state index in [0.717, 1.165) is 38.5 Å². The minimum absolute atomic E-state index is 0.0705. The molecule has 0 amide bonds. The summed E-state index contributed by atoms with van der Waals surface area (Å²) in [5, 5.41) is 49.7. The van der Waals surface area contributed by atoms with E-state index in [0.29, 0.717) is 13.0 Å². The molecular weight excluding hydrogens is 607 g/mol. The maximum Gasteiger partial charge on any atom is 0.472 e. The molecule has 0 radical (unpaired) electrons. The van der Waals surface area contributed by atoms with Gasteiger partial charge in [-0.3, -0.25) is 13.8 Å². The Balaban J connectivity index is 2.53. The van der Waals surface area contributed by atoms with Gasteiger partial charge in [0.25, 0.3) is 0 Å². The Morgan fingerprint density at radius 2 is 1.04 bits per heavy atom. The largest absolute Gasteiger partial charge is 0.472 e. The maximum absolute atomic E-state index is 12.7. The molecule has 6 unspecified atom stereocenters. The smallest absolute Gasteiger partial charge is 0.457 e. The first-order valence-corrected chi connectivity index (χ1v) is 18.9. The fraction of sp³-hybridized carbons (Fsp3) is 0.969. The van der Waals surface area contributed by atoms with Crippen molar-refractivity contribution >= 4 is 13.8 Å². The minimum Gasteiger partial charge on any atom is -0.457 e. The number of rotatable bonds is 28. The molecule has 1 aliphatic carbocycles. The number of hydrogen-bond donors (Lipinski definition) is 6. The SMILES string of the molecule is CCCCCCCCCCCCOCC(COP(=O)(O)OC1C(O)C(O)C(O)C(O)C1O)OC(=O)CCCCCCCCCC. The molecule has 0 bridgehead atoms. The third kappa shape index (κ3) is 19.1. The van der Waals surface area contributed by atoms with Crippen LogP contribution in [-0.2, 0) is 27.9 Å². The van der Waals surface area contributed by atoms with Crippen molar-refractivity contribution in [3.8, 4) is 0 Å². The number of carbonyl (C=O) groups excluding carboxylic acids is 1. The van der Waals surface area contributed by atoms with Crippen LogP contribution in [0.5, 0.6) is 0 Å². The predicted molar refractivity (Wildman–Crippen MR) is 170 cm³/mol. The Labute approximate surface area is 270 Å². The van der Waals surface area contributed by atoms with Gasteiger partial charge in [0, 0.05) is 13.0 Å². The molecule has 1 saturated carbocycles. The van der Waals surface area contributed by atoms with E-state index >= 15 is 0 Å². The Hall–Kier alpha value is -0.660. The molecule has 12 nitrogen and oxygen atoms in total. The van der Waals surface area contributed by atoms with Crippen LogP contribution in [0, 0.1) is 0 Å². The molecule has 0 aromatic heterocycles. The lowest BCUT2D eigenvalue weighted by molar-refractivity contribution is -0.220. The van der Waals surface area contributed by atoms with E-state index in [2.05, 4.69) is 13.8 Å². The summed E-state index contributed by atoms with van der Waals surface area (Å²) in [5.74, 6) is -0.482. The molecule has 0 aromatic rings. The van der Waals surface area contributed by atoms with Crippen LogP contribution in [0.4, 0.5) is 0 Å². The fourth-order valence-corrected chi connectivity index (χ4v) is 6.33. The number of carbonyl (C=O) groups is 1.